The van der Waals surface area contributed by atoms with Crippen molar-refractivity contribution >= 4 is 136 Å². The van der Waals surface area contributed by atoms with Crippen molar-refractivity contribution in [3.05, 3.63) is 237 Å². The van der Waals surface area contributed by atoms with Crippen LogP contribution in [0.2, 0.25) is 0 Å². The topological polar surface area (TPSA) is 311 Å². The summed E-state index contributed by atoms with van der Waals surface area (Å²) in [7, 11) is 0. The Hall–Kier alpha value is -14.6. The zero-order chi connectivity index (χ0) is 96.0. The zero-order valence-corrected chi connectivity index (χ0v) is 81.1. The monoisotopic (exact) mass is 1910 g/mol. The highest BCUT2D eigenvalue weighted by Crippen LogP contribution is 2.40. The smallest absolute Gasteiger partial charge is 0.321 e. The summed E-state index contributed by atoms with van der Waals surface area (Å²) in [6.45, 7) is 21.6. The third-order valence-corrected chi connectivity index (χ3v) is 30.5. The maximum atomic E-state index is 12.9. The summed E-state index contributed by atoms with van der Waals surface area (Å²) in [5.41, 5.74) is 20.7. The lowest BCUT2D eigenvalue weighted by Crippen LogP contribution is -2.40. The van der Waals surface area contributed by atoms with Gasteiger partial charge in [0.25, 0.3) is 0 Å². The number of benzene rings is 8. The molecule has 0 aliphatic carbocycles. The molecule has 142 heavy (non-hydrogen) atoms. The molecule has 11 saturated heterocycles. The quantitative estimate of drug-likeness (QED) is 0.0600. The molecular weight excluding hydrogens is 1780 g/mol. The number of ether oxygens (including phenoxy) is 1. The Labute approximate surface area is 829 Å². The van der Waals surface area contributed by atoms with Gasteiger partial charge in [0, 0.05) is 270 Å². The van der Waals surface area contributed by atoms with E-state index in [1.807, 2.05) is 97.1 Å². The van der Waals surface area contributed by atoms with E-state index in [1.165, 1.54) is 98.3 Å². The van der Waals surface area contributed by atoms with Crippen molar-refractivity contribution < 1.29 is 28.7 Å². The van der Waals surface area contributed by atoms with Crippen LogP contribution >= 0.6 is 0 Å². The second kappa shape index (κ2) is 44.1. The van der Waals surface area contributed by atoms with E-state index in [0.29, 0.717) is 57.0 Å². The molecule has 10 amide bonds. The first kappa shape index (κ1) is 93.7. The molecule has 0 bridgehead atoms. The van der Waals surface area contributed by atoms with Gasteiger partial charge in [0.1, 0.15) is 25.3 Å². The van der Waals surface area contributed by atoms with Gasteiger partial charge in [-0.05, 0) is 285 Å². The van der Waals surface area contributed by atoms with Gasteiger partial charge < -0.3 is 84.9 Å². The molecule has 0 unspecified atom stereocenters. The maximum absolute atomic E-state index is 12.9. The molecule has 5 N–H and O–H groups in total. The molecular formula is C110H128N26O6. The summed E-state index contributed by atoms with van der Waals surface area (Å²) in [5.74, 6) is 1.25. The number of carbonyl (C=O) groups excluding carboxylic acids is 5. The first-order valence-electron chi connectivity index (χ1n) is 51.6. The van der Waals surface area contributed by atoms with Crippen LogP contribution in [-0.2, 0) is 4.74 Å². The minimum absolute atomic E-state index is 0.0137. The first-order valence-corrected chi connectivity index (χ1v) is 51.6. The van der Waals surface area contributed by atoms with Crippen molar-refractivity contribution in [2.75, 3.05) is 213 Å². The number of urea groups is 5. The molecule has 8 aromatic carbocycles. The van der Waals surface area contributed by atoms with Crippen LogP contribution in [0.1, 0.15) is 162 Å². The number of hydrogen-bond acceptors (Lipinski definition) is 21. The van der Waals surface area contributed by atoms with Crippen molar-refractivity contribution in [2.45, 2.75) is 139 Å². The number of fused-ring (bicyclic) bond motifs is 4. The summed E-state index contributed by atoms with van der Waals surface area (Å²) in [6, 6.07) is 58.0. The number of likely N-dealkylation sites (tertiary alicyclic amines) is 4. The van der Waals surface area contributed by atoms with Crippen LogP contribution in [0, 0.1) is 0 Å². The SMILES string of the molecule is O=C(Nc1ccc(N2CCCC2)cc1)N1CCC(c2ncnc3cc(-n4ccnc4)ccc23)CC1.O=C(Nc1ccc(N2CCCC2)cc1)N1CCC(c2ncnc3cc(N4CCCC4)ccc23)CC1.O=C(Nc1ccc(N2CCCC2)cc1)N1CCC(c2ncnc3cc(N4CCNC4=O)ccc23)CC1.O=C(Nc1ccc(N2CCCC2)cc1)N1CCC(c2ncnc3cc(N4CCOCC4)ccc23)CC1. The van der Waals surface area contributed by atoms with Crippen LogP contribution < -0.4 is 60.9 Å². The highest BCUT2D eigenvalue weighted by atomic mass is 16.5. The Morgan fingerprint density at radius 1 is 0.289 bits per heavy atom. The molecule has 734 valence electrons. The van der Waals surface area contributed by atoms with Gasteiger partial charge in [0.2, 0.25) is 0 Å². The number of amides is 10. The molecule has 16 heterocycles. The lowest BCUT2D eigenvalue weighted by molar-refractivity contribution is 0.122. The predicted molar refractivity (Wildman–Crippen MR) is 562 cm³/mol. The molecule has 11 fully saturated rings. The summed E-state index contributed by atoms with van der Waals surface area (Å²) in [6.07, 6.45) is 31.8. The predicted octanol–water partition coefficient (Wildman–Crippen LogP) is 18.7. The zero-order valence-electron chi connectivity index (χ0n) is 81.1. The Kier molecular flexibility index (Phi) is 29.1. The molecule has 32 heteroatoms. The molecule has 24 rings (SSSR count). The first-order chi connectivity index (χ1) is 69.9. The van der Waals surface area contributed by atoms with Gasteiger partial charge in [-0.1, -0.05) is 0 Å². The number of nitrogens with zero attached hydrogens (tertiary/aromatic N) is 21. The van der Waals surface area contributed by atoms with Gasteiger partial charge in [-0.3, -0.25) is 4.90 Å². The third kappa shape index (κ3) is 22.0. The van der Waals surface area contributed by atoms with Crippen LogP contribution in [0.5, 0.6) is 0 Å². The van der Waals surface area contributed by atoms with Gasteiger partial charge in [-0.25, -0.2) is 68.8 Å². The minimum Gasteiger partial charge on any atom is -0.378 e. The molecule has 11 aliphatic heterocycles. The maximum Gasteiger partial charge on any atom is 0.321 e. The van der Waals surface area contributed by atoms with Crippen LogP contribution in [0.15, 0.2) is 214 Å². The van der Waals surface area contributed by atoms with E-state index < -0.39 is 0 Å². The lowest BCUT2D eigenvalue weighted by Gasteiger charge is -2.32. The van der Waals surface area contributed by atoms with Gasteiger partial charge in [-0.2, -0.15) is 0 Å². The molecule has 11 aliphatic rings. The van der Waals surface area contributed by atoms with E-state index in [0.717, 1.165) is 270 Å². The second-order valence-corrected chi connectivity index (χ2v) is 39.2. The number of piperidine rings is 4. The van der Waals surface area contributed by atoms with Crippen LogP contribution in [0.4, 0.5) is 86.5 Å². The molecule has 5 aromatic heterocycles. The normalized spacial score (nSPS) is 18.4. The van der Waals surface area contributed by atoms with E-state index in [9.17, 15) is 24.0 Å². The number of imidazole rings is 1. The van der Waals surface area contributed by atoms with Gasteiger partial charge in [0.05, 0.1) is 64.4 Å². The lowest BCUT2D eigenvalue weighted by atomic mass is 9.91. The largest absolute Gasteiger partial charge is 0.378 e. The fourth-order valence-corrected chi connectivity index (χ4v) is 22.4. The minimum atomic E-state index is -0.0724. The van der Waals surface area contributed by atoms with Crippen molar-refractivity contribution in [1.29, 1.82) is 0 Å². The van der Waals surface area contributed by atoms with Crippen LogP contribution in [0.25, 0.3) is 49.3 Å². The van der Waals surface area contributed by atoms with Gasteiger partial charge in [-0.15, -0.1) is 0 Å². The van der Waals surface area contributed by atoms with E-state index >= 15 is 0 Å². The van der Waals surface area contributed by atoms with E-state index in [-0.39, 0.29) is 36.1 Å². The van der Waals surface area contributed by atoms with Crippen LogP contribution in [0.3, 0.4) is 0 Å². The Balaban J connectivity index is 0.000000112. The molecule has 0 radical (unpaired) electrons. The Morgan fingerprint density at radius 2 is 0.549 bits per heavy atom. The number of anilines is 11. The van der Waals surface area contributed by atoms with Gasteiger partial charge >= 0.3 is 30.2 Å². The second-order valence-electron chi connectivity index (χ2n) is 39.2. The van der Waals surface area contributed by atoms with Crippen molar-refractivity contribution in [3.8, 4) is 5.69 Å². The van der Waals surface area contributed by atoms with Crippen molar-refractivity contribution in [2.24, 2.45) is 0 Å². The van der Waals surface area contributed by atoms with Crippen LogP contribution in [-0.4, -0.2) is 256 Å². The van der Waals surface area contributed by atoms with E-state index in [2.05, 4.69) is 204 Å². The van der Waals surface area contributed by atoms with Crippen molar-refractivity contribution in [3.63, 3.8) is 0 Å². The summed E-state index contributed by atoms with van der Waals surface area (Å²) in [5, 5.41) is 19.5. The highest BCUT2D eigenvalue weighted by Gasteiger charge is 2.34. The summed E-state index contributed by atoms with van der Waals surface area (Å²) >= 11 is 0. The summed E-state index contributed by atoms with van der Waals surface area (Å²) in [4.78, 5) is 128. The average Bonchev–Trinajstić information content (AvgIpc) is 0.990. The highest BCUT2D eigenvalue weighted by molar-refractivity contribution is 5.98. The number of morpholine rings is 1. The Bertz CT molecular complexity index is 6510. The molecule has 0 atom stereocenters. The fraction of sp³-hybridized carbons (Fsp3) is 0.418. The molecule has 13 aromatic rings. The fourth-order valence-electron chi connectivity index (χ4n) is 22.4. The number of hydrogen-bond donors (Lipinski definition) is 5. The molecule has 0 saturated carbocycles. The molecule has 32 nitrogen and oxygen atoms in total. The summed E-state index contributed by atoms with van der Waals surface area (Å²) < 4.78 is 7.46. The number of nitrogens with one attached hydrogen (secondary N) is 5. The van der Waals surface area contributed by atoms with E-state index in [1.54, 1.807) is 42.7 Å². The molecule has 0 spiro atoms. The third-order valence-electron chi connectivity index (χ3n) is 30.5. The van der Waals surface area contributed by atoms with E-state index in [4.69, 9.17) is 4.74 Å². The van der Waals surface area contributed by atoms with Crippen molar-refractivity contribution in [1.82, 2.24) is 74.3 Å². The standard InChI is InChI=1S/C28H34N6O2.C28H34N6O.C27H31N7O2.C27H29N7O/c35-28(31-22-3-5-23(6-4-22)32-11-1-2-12-32)34-13-9-21(10-14-34)27-25-8-7-24(19-26(25)29-20-30-27)33-15-17-36-18-16-33;35-28(31-22-5-7-23(8-6-22)32-13-1-2-14-32)34-17-11-21(12-18-34)27-25-10-9-24(33-15-3-4-16-33)19-26(25)29-20-30-27;35-26-28-11-16-34(26)22-7-8-23-24(17-22)29-18-30-25(23)19-9-14-33(15-10-19)27(36)31-20-3-5-21(6-4-20)32-12-1-2-13-32;35-27(31-21-3-5-22(6-4-21)32-12-1-2-13-32)33-14-9-20(10-15-33)26-24-8-7-23(34-16-11-28-19-34)17-25(24)29-18-30-26/h3-8,19-21H,1-2,9-18H2,(H,31,35);5-10,19-21H,1-4,11-18H2,(H,31,35);3-8,17-19H,1-2,9-16H2,(H,28,35)(H,31,36);3-8,11,16-20H,1-2,9-10,12-15H2,(H,31,35). The van der Waals surface area contributed by atoms with Gasteiger partial charge in [0.15, 0.2) is 0 Å². The number of aromatic nitrogens is 10. The average molecular weight is 1910 g/mol. The number of rotatable bonds is 16. The number of carbonyl (C=O) groups is 5. The Morgan fingerprint density at radius 3 is 0.831 bits per heavy atom.